The van der Waals surface area contributed by atoms with Crippen molar-refractivity contribution >= 4 is 52.6 Å². The molecule has 21 heteroatoms. The largest absolute Gasteiger partial charge is 0.382 e. The van der Waals surface area contributed by atoms with Crippen LogP contribution in [0.25, 0.3) is 22.3 Å². The van der Waals surface area contributed by atoms with Gasteiger partial charge < -0.3 is 35.1 Å². The summed E-state index contributed by atoms with van der Waals surface area (Å²) in [6, 6.07) is 0. The van der Waals surface area contributed by atoms with E-state index in [4.69, 9.17) is 46.5 Å². The number of H-pyrrole nitrogens is 1. The highest BCUT2D eigenvalue weighted by atomic mass is 32.5. The van der Waals surface area contributed by atoms with Crippen LogP contribution in [0.4, 0.5) is 20.5 Å². The fourth-order valence-corrected chi connectivity index (χ4v) is 6.83. The lowest BCUT2D eigenvalue weighted by Gasteiger charge is -2.27. The number of nitrogens with one attached hydrogen (secondary N) is 1. The summed E-state index contributed by atoms with van der Waals surface area (Å²) in [6.45, 7) is -4.69. The van der Waals surface area contributed by atoms with Crippen molar-refractivity contribution in [1.82, 2.24) is 39.0 Å². The number of hydrogen-bond acceptors (Lipinski definition) is 14. The van der Waals surface area contributed by atoms with E-state index in [9.17, 15) is 9.69 Å². The molecule has 0 aromatic carbocycles. The Balaban J connectivity index is 1.17. The highest BCUT2D eigenvalue weighted by molar-refractivity contribution is 8.07. The molecular weight excluding hydrogens is 605 g/mol. The van der Waals surface area contributed by atoms with Crippen molar-refractivity contribution in [3.8, 4) is 0 Å². The van der Waals surface area contributed by atoms with E-state index in [1.807, 2.05) is 0 Å². The number of aromatic amines is 1. The van der Waals surface area contributed by atoms with Crippen LogP contribution in [0.3, 0.4) is 0 Å². The Kier molecular flexibility index (Phi) is 6.70. The molecular formula is C21H23F2N10O7PS. The summed E-state index contributed by atoms with van der Waals surface area (Å²) >= 11 is 5.18. The van der Waals surface area contributed by atoms with E-state index >= 15 is 8.78 Å². The zero-order chi connectivity index (χ0) is 29.3. The Labute approximate surface area is 238 Å². The summed E-state index contributed by atoms with van der Waals surface area (Å²) in [5, 5.41) is 0. The maximum absolute atomic E-state index is 15.9. The minimum Gasteiger partial charge on any atom is -0.382 e. The lowest BCUT2D eigenvalue weighted by Crippen LogP contribution is -2.34. The minimum atomic E-state index is -4.18. The first-order valence-corrected chi connectivity index (χ1v) is 15.2. The van der Waals surface area contributed by atoms with Gasteiger partial charge in [-0.15, -0.1) is 0 Å². The zero-order valence-corrected chi connectivity index (χ0v) is 23.0. The van der Waals surface area contributed by atoms with Gasteiger partial charge in [0.05, 0.1) is 32.0 Å². The van der Waals surface area contributed by atoms with Crippen molar-refractivity contribution in [2.24, 2.45) is 5.92 Å². The van der Waals surface area contributed by atoms with Gasteiger partial charge >= 0.3 is 6.72 Å². The number of alkyl halides is 2. The van der Waals surface area contributed by atoms with Gasteiger partial charge in [-0.2, -0.15) is 4.98 Å². The molecule has 2 unspecified atom stereocenters. The third kappa shape index (κ3) is 4.54. The van der Waals surface area contributed by atoms with Gasteiger partial charge in [-0.3, -0.25) is 23.4 Å². The molecule has 0 radical (unpaired) electrons. The molecule has 9 atom stereocenters. The number of fused-ring (bicyclic) bond motifs is 5. The van der Waals surface area contributed by atoms with Crippen LogP contribution >= 0.6 is 6.72 Å². The molecule has 0 saturated carbocycles. The Morgan fingerprint density at radius 1 is 1.05 bits per heavy atom. The molecule has 3 saturated heterocycles. The van der Waals surface area contributed by atoms with Crippen LogP contribution < -0.4 is 17.0 Å². The molecule has 4 aromatic heterocycles. The van der Waals surface area contributed by atoms with Crippen molar-refractivity contribution in [3.05, 3.63) is 29.3 Å². The van der Waals surface area contributed by atoms with E-state index in [-0.39, 0.29) is 53.7 Å². The molecule has 2 bridgehead atoms. The van der Waals surface area contributed by atoms with Crippen molar-refractivity contribution in [2.45, 2.75) is 49.7 Å². The number of anilines is 2. The number of rotatable bonds is 2. The second kappa shape index (κ2) is 10.2. The normalized spacial score (nSPS) is 35.7. The van der Waals surface area contributed by atoms with Crippen molar-refractivity contribution < 1.29 is 36.9 Å². The second-order valence-electron chi connectivity index (χ2n) is 9.86. The topological polar surface area (TPSA) is 226 Å². The molecule has 17 nitrogen and oxygen atoms in total. The highest BCUT2D eigenvalue weighted by Gasteiger charge is 2.52. The van der Waals surface area contributed by atoms with Crippen LogP contribution in [-0.2, 0) is 35.1 Å². The molecule has 7 rings (SSSR count). The van der Waals surface area contributed by atoms with E-state index in [1.165, 1.54) is 28.1 Å². The molecule has 4 aromatic rings. The number of nitrogen functional groups attached to an aromatic ring is 2. The second-order valence-corrected chi connectivity index (χ2v) is 12.7. The van der Waals surface area contributed by atoms with E-state index in [0.29, 0.717) is 0 Å². The van der Waals surface area contributed by atoms with Crippen molar-refractivity contribution in [2.75, 3.05) is 24.7 Å². The summed E-state index contributed by atoms with van der Waals surface area (Å²) in [7, 11) is 0. The SMILES string of the molecule is Nc1nc2c(ncn2[C@@H]2OC3OCC[C@H]4[C@H](F)[C@H](n5cnc6c(N)ncnc65)O[C@@H]4COP(O)(=S)O[C@@H]2[C@H]3F)c(=O)[nH]1. The molecule has 7 heterocycles. The first-order chi connectivity index (χ1) is 20.1. The van der Waals surface area contributed by atoms with Crippen LogP contribution in [0.15, 0.2) is 23.8 Å². The number of hydrogen-bond donors (Lipinski definition) is 4. The Hall–Kier alpha value is -3.23. The predicted octanol–water partition coefficient (Wildman–Crippen LogP) is 0.207. The summed E-state index contributed by atoms with van der Waals surface area (Å²) < 4.78 is 62.9. The van der Waals surface area contributed by atoms with Gasteiger partial charge in [-0.1, -0.05) is 0 Å². The van der Waals surface area contributed by atoms with Crippen LogP contribution in [0.1, 0.15) is 18.9 Å². The summed E-state index contributed by atoms with van der Waals surface area (Å²) in [4.78, 5) is 45.8. The molecule has 224 valence electrons. The van der Waals surface area contributed by atoms with Crippen molar-refractivity contribution in [1.29, 1.82) is 0 Å². The highest BCUT2D eigenvalue weighted by Crippen LogP contribution is 2.52. The van der Waals surface area contributed by atoms with E-state index in [0.717, 1.165) is 0 Å². The summed E-state index contributed by atoms with van der Waals surface area (Å²) in [5.41, 5.74) is 11.4. The molecule has 3 aliphatic rings. The van der Waals surface area contributed by atoms with Gasteiger partial charge in [-0.25, -0.2) is 28.7 Å². The predicted molar refractivity (Wildman–Crippen MR) is 141 cm³/mol. The molecule has 0 amide bonds. The number of nitrogens with zero attached hydrogens (tertiary/aromatic N) is 7. The number of imidazole rings is 2. The lowest BCUT2D eigenvalue weighted by molar-refractivity contribution is -0.168. The quantitative estimate of drug-likeness (QED) is 0.218. The molecule has 6 N–H and O–H groups in total. The maximum atomic E-state index is 15.9. The van der Waals surface area contributed by atoms with Gasteiger partial charge in [0, 0.05) is 5.92 Å². The average molecular weight is 629 g/mol. The average Bonchev–Trinajstić information content (AvgIpc) is 3.69. The molecule has 3 aliphatic heterocycles. The van der Waals surface area contributed by atoms with Gasteiger partial charge in [0.2, 0.25) is 5.95 Å². The Morgan fingerprint density at radius 3 is 2.62 bits per heavy atom. The Morgan fingerprint density at radius 2 is 1.81 bits per heavy atom. The van der Waals surface area contributed by atoms with Gasteiger partial charge in [-0.05, 0) is 18.2 Å². The number of ether oxygens (including phenoxy) is 3. The summed E-state index contributed by atoms with van der Waals surface area (Å²) in [5.74, 6) is -0.915. The first kappa shape index (κ1) is 27.6. The van der Waals surface area contributed by atoms with E-state index in [2.05, 4.69) is 29.9 Å². The van der Waals surface area contributed by atoms with Crippen LogP contribution in [0.5, 0.6) is 0 Å². The summed E-state index contributed by atoms with van der Waals surface area (Å²) in [6.07, 6.45) is -6.26. The fraction of sp³-hybridized carbons (Fsp3) is 0.524. The maximum Gasteiger partial charge on any atom is 0.325 e. The molecule has 3 fully saturated rings. The van der Waals surface area contributed by atoms with E-state index in [1.54, 1.807) is 0 Å². The first-order valence-electron chi connectivity index (χ1n) is 12.6. The van der Waals surface area contributed by atoms with Crippen LogP contribution in [-0.4, -0.2) is 88.0 Å². The number of halogens is 2. The van der Waals surface area contributed by atoms with Crippen molar-refractivity contribution in [3.63, 3.8) is 0 Å². The van der Waals surface area contributed by atoms with E-state index < -0.39 is 61.5 Å². The smallest absolute Gasteiger partial charge is 0.325 e. The van der Waals surface area contributed by atoms with Crippen LogP contribution in [0.2, 0.25) is 0 Å². The van der Waals surface area contributed by atoms with Gasteiger partial charge in [0.1, 0.15) is 17.9 Å². The lowest BCUT2D eigenvalue weighted by atomic mass is 9.96. The van der Waals surface area contributed by atoms with Crippen LogP contribution in [0, 0.1) is 5.92 Å². The van der Waals surface area contributed by atoms with Gasteiger partial charge in [0.25, 0.3) is 5.56 Å². The third-order valence-corrected chi connectivity index (χ3v) is 8.94. The minimum absolute atomic E-state index is 0.0209. The Bertz CT molecular complexity index is 1770. The molecule has 0 aliphatic carbocycles. The zero-order valence-electron chi connectivity index (χ0n) is 21.3. The van der Waals surface area contributed by atoms with Gasteiger partial charge in [0.15, 0.2) is 53.7 Å². The molecule has 0 spiro atoms. The fourth-order valence-electron chi connectivity index (χ4n) is 5.42. The monoisotopic (exact) mass is 628 g/mol. The number of nitrogens with two attached hydrogens (primary N) is 2. The molecule has 42 heavy (non-hydrogen) atoms. The number of aromatic nitrogens is 8. The standard InChI is InChI=1S/C21H23F2N10O7PS/c22-9-7-1-2-36-20-10(23)13(19(39-20)33-6-29-12-16(33)30-21(25)31-17(12)34)40-41(35,42)37-3-8(7)38-18(9)32-5-28-11-14(24)26-4-27-15(11)32/h4-10,13,18-20H,1-3H2,(H,35,42)(H2,24,26,27)(H3,25,30,31,34)/t7-,8-,9+,10-,13-,18-,19-,20?,41?/m1/s1. The third-order valence-electron chi connectivity index (χ3n) is 7.38.